The summed E-state index contributed by atoms with van der Waals surface area (Å²) in [6.07, 6.45) is 2.31. The van der Waals surface area contributed by atoms with E-state index in [0.29, 0.717) is 38.0 Å². The van der Waals surface area contributed by atoms with Crippen LogP contribution in [-0.4, -0.2) is 72.2 Å². The van der Waals surface area contributed by atoms with Crippen LogP contribution in [0.25, 0.3) is 10.9 Å². The van der Waals surface area contributed by atoms with Crippen molar-refractivity contribution in [2.45, 2.75) is 38.8 Å². The largest absolute Gasteiger partial charge is 0.489 e. The SMILES string of the molecule is CC(C)N1CCC(Oc2cc3cc(C(=O)N4CCOCC4)[nH]c3cc2Br)CC1. The van der Waals surface area contributed by atoms with Gasteiger partial charge in [-0.3, -0.25) is 4.79 Å². The van der Waals surface area contributed by atoms with Gasteiger partial charge in [-0.1, -0.05) is 0 Å². The number of hydrogen-bond acceptors (Lipinski definition) is 4. The first-order valence-electron chi connectivity index (χ1n) is 10.1. The number of amides is 1. The van der Waals surface area contributed by atoms with Gasteiger partial charge in [0.25, 0.3) is 5.91 Å². The molecule has 1 N–H and O–H groups in total. The lowest BCUT2D eigenvalue weighted by Gasteiger charge is -2.34. The second kappa shape index (κ2) is 8.43. The predicted molar refractivity (Wildman–Crippen MR) is 113 cm³/mol. The predicted octanol–water partition coefficient (Wildman–Crippen LogP) is 3.65. The number of aromatic nitrogens is 1. The minimum atomic E-state index is 0.0270. The Labute approximate surface area is 174 Å². The van der Waals surface area contributed by atoms with Crippen LogP contribution in [0, 0.1) is 0 Å². The molecule has 0 unspecified atom stereocenters. The molecule has 7 heteroatoms. The van der Waals surface area contributed by atoms with Crippen LogP contribution in [0.15, 0.2) is 22.7 Å². The number of hydrogen-bond donors (Lipinski definition) is 1. The molecule has 2 aromatic rings. The zero-order valence-electron chi connectivity index (χ0n) is 16.5. The van der Waals surface area contributed by atoms with Crippen molar-refractivity contribution in [2.24, 2.45) is 0 Å². The van der Waals surface area contributed by atoms with Crippen molar-refractivity contribution in [1.29, 1.82) is 0 Å². The summed E-state index contributed by atoms with van der Waals surface area (Å²) in [6.45, 7) is 9.12. The summed E-state index contributed by atoms with van der Waals surface area (Å²) >= 11 is 3.63. The van der Waals surface area contributed by atoms with Gasteiger partial charge in [-0.2, -0.15) is 0 Å². The summed E-state index contributed by atoms with van der Waals surface area (Å²) < 4.78 is 12.6. The molecular formula is C21H28BrN3O3. The van der Waals surface area contributed by atoms with Crippen molar-refractivity contribution in [2.75, 3.05) is 39.4 Å². The maximum Gasteiger partial charge on any atom is 0.270 e. The molecule has 1 aromatic carbocycles. The van der Waals surface area contributed by atoms with Gasteiger partial charge in [0.05, 0.1) is 17.7 Å². The smallest absolute Gasteiger partial charge is 0.270 e. The average molecular weight is 450 g/mol. The van der Waals surface area contributed by atoms with E-state index in [4.69, 9.17) is 9.47 Å². The number of morpholine rings is 1. The van der Waals surface area contributed by atoms with Crippen LogP contribution in [0.4, 0.5) is 0 Å². The van der Waals surface area contributed by atoms with Gasteiger partial charge in [-0.15, -0.1) is 0 Å². The van der Waals surface area contributed by atoms with Crippen molar-refractivity contribution in [3.8, 4) is 5.75 Å². The van der Waals surface area contributed by atoms with Crippen molar-refractivity contribution in [1.82, 2.24) is 14.8 Å². The topological polar surface area (TPSA) is 57.8 Å². The number of ether oxygens (including phenoxy) is 2. The van der Waals surface area contributed by atoms with Gasteiger partial charge in [0.2, 0.25) is 0 Å². The van der Waals surface area contributed by atoms with Gasteiger partial charge < -0.3 is 24.3 Å². The van der Waals surface area contributed by atoms with Crippen LogP contribution in [0.1, 0.15) is 37.2 Å². The van der Waals surface area contributed by atoms with E-state index in [1.54, 1.807) is 0 Å². The molecule has 3 heterocycles. The highest BCUT2D eigenvalue weighted by Gasteiger charge is 2.24. The van der Waals surface area contributed by atoms with Crippen molar-refractivity contribution in [3.63, 3.8) is 0 Å². The number of nitrogens with zero attached hydrogens (tertiary/aromatic N) is 2. The summed E-state index contributed by atoms with van der Waals surface area (Å²) in [5, 5.41) is 0.995. The van der Waals surface area contributed by atoms with E-state index >= 15 is 0 Å². The molecule has 2 aliphatic heterocycles. The Balaban J connectivity index is 1.48. The third-order valence-electron chi connectivity index (χ3n) is 5.70. The first kappa shape index (κ1) is 19.7. The summed E-state index contributed by atoms with van der Waals surface area (Å²) in [5.74, 6) is 0.874. The maximum absolute atomic E-state index is 12.7. The molecule has 0 saturated carbocycles. The maximum atomic E-state index is 12.7. The van der Waals surface area contributed by atoms with Crippen molar-refractivity contribution < 1.29 is 14.3 Å². The molecule has 0 bridgehead atoms. The minimum Gasteiger partial charge on any atom is -0.489 e. The number of aromatic amines is 1. The van der Waals surface area contributed by atoms with Crippen LogP contribution in [0.5, 0.6) is 5.75 Å². The molecule has 0 atom stereocenters. The quantitative estimate of drug-likeness (QED) is 0.773. The fourth-order valence-electron chi connectivity index (χ4n) is 3.97. The third-order valence-corrected chi connectivity index (χ3v) is 6.32. The number of carbonyl (C=O) groups excluding carboxylic acids is 1. The van der Waals surface area contributed by atoms with Gasteiger partial charge in [-0.05, 0) is 60.8 Å². The number of H-pyrrole nitrogens is 1. The van der Waals surface area contributed by atoms with Crippen LogP contribution >= 0.6 is 15.9 Å². The van der Waals surface area contributed by atoms with Gasteiger partial charge in [-0.25, -0.2) is 0 Å². The normalized spacial score (nSPS) is 19.5. The van der Waals surface area contributed by atoms with Crippen LogP contribution < -0.4 is 4.74 Å². The lowest BCUT2D eigenvalue weighted by Crippen LogP contribution is -2.41. The van der Waals surface area contributed by atoms with E-state index in [1.165, 1.54) is 0 Å². The van der Waals surface area contributed by atoms with Gasteiger partial charge in [0, 0.05) is 43.1 Å². The number of benzene rings is 1. The molecule has 152 valence electrons. The highest BCUT2D eigenvalue weighted by molar-refractivity contribution is 9.10. The number of likely N-dealkylation sites (tertiary alicyclic amines) is 1. The highest BCUT2D eigenvalue weighted by Crippen LogP contribution is 2.33. The molecule has 6 nitrogen and oxygen atoms in total. The number of carbonyl (C=O) groups is 1. The van der Waals surface area contributed by atoms with E-state index in [-0.39, 0.29) is 12.0 Å². The zero-order chi connectivity index (χ0) is 19.7. The fraction of sp³-hybridized carbons (Fsp3) is 0.571. The van der Waals surface area contributed by atoms with E-state index in [9.17, 15) is 4.79 Å². The van der Waals surface area contributed by atoms with Crippen molar-refractivity contribution >= 4 is 32.7 Å². The third kappa shape index (κ3) is 4.21. The summed E-state index contributed by atoms with van der Waals surface area (Å²) in [7, 11) is 0. The van der Waals surface area contributed by atoms with Gasteiger partial charge >= 0.3 is 0 Å². The molecule has 2 fully saturated rings. The summed E-state index contributed by atoms with van der Waals surface area (Å²) in [5.41, 5.74) is 1.55. The Kier molecular flexibility index (Phi) is 5.94. The number of rotatable bonds is 4. The first-order chi connectivity index (χ1) is 13.5. The Morgan fingerprint density at radius 3 is 2.57 bits per heavy atom. The molecule has 2 saturated heterocycles. The Bertz CT molecular complexity index is 837. The monoisotopic (exact) mass is 449 g/mol. The minimum absolute atomic E-state index is 0.0270. The lowest BCUT2D eigenvalue weighted by atomic mass is 10.1. The summed E-state index contributed by atoms with van der Waals surface area (Å²) in [6, 6.07) is 6.55. The van der Waals surface area contributed by atoms with Gasteiger partial charge in [0.1, 0.15) is 17.5 Å². The standard InChI is InChI=1S/C21H28BrN3O3/c1-14(2)24-5-3-16(4-6-24)28-20-12-15-11-19(23-18(15)13-17(20)22)21(26)25-7-9-27-10-8-25/h11-14,16,23H,3-10H2,1-2H3. The Morgan fingerprint density at radius 1 is 1.18 bits per heavy atom. The average Bonchev–Trinajstić information content (AvgIpc) is 3.11. The second-order valence-electron chi connectivity index (χ2n) is 7.90. The highest BCUT2D eigenvalue weighted by atomic mass is 79.9. The molecular weight excluding hydrogens is 422 g/mol. The molecule has 1 amide bonds. The second-order valence-corrected chi connectivity index (χ2v) is 8.76. The summed E-state index contributed by atoms with van der Waals surface area (Å²) in [4.78, 5) is 20.3. The van der Waals surface area contributed by atoms with Crippen LogP contribution in [-0.2, 0) is 4.74 Å². The lowest BCUT2D eigenvalue weighted by molar-refractivity contribution is 0.0299. The molecule has 28 heavy (non-hydrogen) atoms. The molecule has 0 aliphatic carbocycles. The molecule has 2 aliphatic rings. The molecule has 0 radical (unpaired) electrons. The van der Waals surface area contributed by atoms with Crippen LogP contribution in [0.2, 0.25) is 0 Å². The first-order valence-corrected chi connectivity index (χ1v) is 10.9. The van der Waals surface area contributed by atoms with Crippen LogP contribution in [0.3, 0.4) is 0 Å². The number of piperidine rings is 1. The van der Waals surface area contributed by atoms with Gasteiger partial charge in [0.15, 0.2) is 0 Å². The Morgan fingerprint density at radius 2 is 1.89 bits per heavy atom. The number of nitrogens with one attached hydrogen (secondary N) is 1. The fourth-order valence-corrected chi connectivity index (χ4v) is 4.40. The van der Waals surface area contributed by atoms with Crippen molar-refractivity contribution in [3.05, 3.63) is 28.4 Å². The van der Waals surface area contributed by atoms with E-state index in [2.05, 4.69) is 39.7 Å². The Hall–Kier alpha value is -1.57. The number of halogens is 1. The van der Waals surface area contributed by atoms with E-state index in [0.717, 1.165) is 47.1 Å². The molecule has 4 rings (SSSR count). The van der Waals surface area contributed by atoms with E-state index in [1.807, 2.05) is 23.1 Å². The molecule has 1 aromatic heterocycles. The zero-order valence-corrected chi connectivity index (χ0v) is 18.1. The van der Waals surface area contributed by atoms with E-state index < -0.39 is 0 Å². The number of fused-ring (bicyclic) bond motifs is 1. The molecule has 0 spiro atoms.